The SMILES string of the molecule is CCCCn1ncc(C(=O)c2ccc(Cl)c(C(C)=C(C)C)c2C)c1OC(C)C. The number of allylic oxidation sites excluding steroid dienone is 2. The summed E-state index contributed by atoms with van der Waals surface area (Å²) in [6, 6.07) is 3.60. The molecule has 1 heterocycles. The fourth-order valence-electron chi connectivity index (χ4n) is 3.12. The van der Waals surface area contributed by atoms with Crippen molar-refractivity contribution >= 4 is 23.0 Å². The van der Waals surface area contributed by atoms with Gasteiger partial charge in [0.25, 0.3) is 0 Å². The van der Waals surface area contributed by atoms with Crippen molar-refractivity contribution in [3.8, 4) is 5.88 Å². The molecule has 2 aromatic rings. The van der Waals surface area contributed by atoms with Crippen LogP contribution in [0.3, 0.4) is 0 Å². The van der Waals surface area contributed by atoms with Crippen molar-refractivity contribution in [1.82, 2.24) is 9.78 Å². The predicted molar refractivity (Wildman–Crippen MR) is 116 cm³/mol. The molecule has 5 heteroatoms. The van der Waals surface area contributed by atoms with Gasteiger partial charge in [-0.05, 0) is 76.8 Å². The van der Waals surface area contributed by atoms with E-state index in [-0.39, 0.29) is 11.9 Å². The Morgan fingerprint density at radius 1 is 1.21 bits per heavy atom. The molecule has 1 aromatic carbocycles. The molecule has 0 aliphatic carbocycles. The topological polar surface area (TPSA) is 44.1 Å². The van der Waals surface area contributed by atoms with E-state index in [2.05, 4.69) is 12.0 Å². The minimum atomic E-state index is -0.0876. The zero-order valence-corrected chi connectivity index (χ0v) is 18.8. The van der Waals surface area contributed by atoms with Crippen molar-refractivity contribution in [2.75, 3.05) is 0 Å². The van der Waals surface area contributed by atoms with Crippen LogP contribution in [-0.2, 0) is 6.54 Å². The first kappa shape index (κ1) is 22.2. The number of nitrogens with zero attached hydrogens (tertiary/aromatic N) is 2. The van der Waals surface area contributed by atoms with Crippen LogP contribution in [0.2, 0.25) is 5.02 Å². The Kier molecular flexibility index (Phi) is 7.48. The van der Waals surface area contributed by atoms with Gasteiger partial charge in [-0.3, -0.25) is 4.79 Å². The van der Waals surface area contributed by atoms with Gasteiger partial charge in [0.2, 0.25) is 5.88 Å². The first-order valence-electron chi connectivity index (χ1n) is 9.89. The monoisotopic (exact) mass is 402 g/mol. The van der Waals surface area contributed by atoms with Crippen LogP contribution in [0, 0.1) is 6.92 Å². The average Bonchev–Trinajstić information content (AvgIpc) is 3.01. The van der Waals surface area contributed by atoms with Crippen molar-refractivity contribution in [2.45, 2.75) is 74.0 Å². The number of carbonyl (C=O) groups is 1. The second-order valence-corrected chi connectivity index (χ2v) is 8.06. The summed E-state index contributed by atoms with van der Waals surface area (Å²) in [5, 5.41) is 5.08. The molecule has 0 saturated heterocycles. The van der Waals surface area contributed by atoms with E-state index in [0.29, 0.717) is 22.0 Å². The van der Waals surface area contributed by atoms with Crippen molar-refractivity contribution in [1.29, 1.82) is 0 Å². The summed E-state index contributed by atoms with van der Waals surface area (Å²) in [6.45, 7) is 14.8. The molecule has 1 aromatic heterocycles. The number of benzene rings is 1. The lowest BCUT2D eigenvalue weighted by atomic mass is 9.92. The molecule has 0 radical (unpaired) electrons. The van der Waals surface area contributed by atoms with Gasteiger partial charge >= 0.3 is 0 Å². The minimum absolute atomic E-state index is 0.0431. The van der Waals surface area contributed by atoms with E-state index in [9.17, 15) is 4.79 Å². The molecular formula is C23H31ClN2O2. The minimum Gasteiger partial charge on any atom is -0.475 e. The maximum Gasteiger partial charge on any atom is 0.223 e. The third-order valence-corrected chi connectivity index (χ3v) is 5.21. The van der Waals surface area contributed by atoms with Gasteiger partial charge in [-0.1, -0.05) is 30.5 Å². The summed E-state index contributed by atoms with van der Waals surface area (Å²) in [4.78, 5) is 13.4. The summed E-state index contributed by atoms with van der Waals surface area (Å²) in [5.41, 5.74) is 5.20. The standard InChI is InChI=1S/C23H31ClN2O2/c1-8-9-12-26-23(28-15(4)5)19(13-25-26)22(27)18-10-11-20(24)21(17(18)7)16(6)14(2)3/h10-11,13,15H,8-9,12H2,1-7H3. The molecular weight excluding hydrogens is 372 g/mol. The predicted octanol–water partition coefficient (Wildman–Crippen LogP) is 6.48. The lowest BCUT2D eigenvalue weighted by Crippen LogP contribution is -2.14. The van der Waals surface area contributed by atoms with Gasteiger partial charge in [-0.25, -0.2) is 4.68 Å². The highest BCUT2D eigenvalue weighted by Crippen LogP contribution is 2.33. The van der Waals surface area contributed by atoms with Crippen molar-refractivity contribution in [3.05, 3.63) is 51.2 Å². The molecule has 0 fully saturated rings. The van der Waals surface area contributed by atoms with Crippen LogP contribution in [0.1, 0.15) is 81.4 Å². The van der Waals surface area contributed by atoms with Crippen LogP contribution in [0.15, 0.2) is 23.9 Å². The van der Waals surface area contributed by atoms with Crippen LogP contribution in [0.25, 0.3) is 5.57 Å². The maximum atomic E-state index is 13.4. The van der Waals surface area contributed by atoms with E-state index < -0.39 is 0 Å². The zero-order chi connectivity index (χ0) is 21.0. The summed E-state index contributed by atoms with van der Waals surface area (Å²) < 4.78 is 7.78. The number of ether oxygens (including phenoxy) is 1. The van der Waals surface area contributed by atoms with E-state index in [1.165, 1.54) is 5.57 Å². The zero-order valence-electron chi connectivity index (χ0n) is 18.0. The summed E-state index contributed by atoms with van der Waals surface area (Å²) in [6.07, 6.45) is 3.61. The van der Waals surface area contributed by atoms with E-state index in [4.69, 9.17) is 16.3 Å². The third-order valence-electron chi connectivity index (χ3n) is 4.89. The lowest BCUT2D eigenvalue weighted by molar-refractivity contribution is 0.103. The molecule has 0 N–H and O–H groups in total. The van der Waals surface area contributed by atoms with Gasteiger partial charge in [0.15, 0.2) is 5.78 Å². The van der Waals surface area contributed by atoms with Gasteiger partial charge in [0, 0.05) is 17.1 Å². The van der Waals surface area contributed by atoms with E-state index in [1.54, 1.807) is 23.0 Å². The number of carbonyl (C=O) groups excluding carboxylic acids is 1. The van der Waals surface area contributed by atoms with E-state index in [0.717, 1.165) is 36.1 Å². The van der Waals surface area contributed by atoms with Gasteiger partial charge in [-0.15, -0.1) is 0 Å². The highest BCUT2D eigenvalue weighted by atomic mass is 35.5. The molecule has 4 nitrogen and oxygen atoms in total. The normalized spacial score (nSPS) is 11.0. The molecule has 0 aliphatic heterocycles. The highest BCUT2D eigenvalue weighted by molar-refractivity contribution is 6.32. The molecule has 0 amide bonds. The van der Waals surface area contributed by atoms with Crippen LogP contribution in [0.4, 0.5) is 0 Å². The Morgan fingerprint density at radius 3 is 2.46 bits per heavy atom. The molecule has 152 valence electrons. The van der Waals surface area contributed by atoms with Gasteiger partial charge in [0.1, 0.15) is 5.56 Å². The third kappa shape index (κ3) is 4.67. The Labute approximate surface area is 173 Å². The highest BCUT2D eigenvalue weighted by Gasteiger charge is 2.24. The fourth-order valence-corrected chi connectivity index (χ4v) is 3.47. The van der Waals surface area contributed by atoms with Crippen LogP contribution in [0.5, 0.6) is 5.88 Å². The smallest absolute Gasteiger partial charge is 0.223 e. The van der Waals surface area contributed by atoms with Gasteiger partial charge in [-0.2, -0.15) is 5.10 Å². The number of aryl methyl sites for hydroxylation is 1. The first-order valence-corrected chi connectivity index (χ1v) is 10.3. The number of unbranched alkanes of at least 4 members (excludes halogenated alkanes) is 1. The Hall–Kier alpha value is -2.07. The molecule has 2 rings (SSSR count). The number of hydrogen-bond acceptors (Lipinski definition) is 3. The first-order chi connectivity index (χ1) is 13.2. The molecule has 0 bridgehead atoms. The molecule has 0 atom stereocenters. The van der Waals surface area contributed by atoms with Gasteiger partial charge in [0.05, 0.1) is 12.3 Å². The number of hydrogen-bond donors (Lipinski definition) is 0. The molecule has 0 saturated carbocycles. The number of ketones is 1. The van der Waals surface area contributed by atoms with Crippen molar-refractivity contribution in [2.24, 2.45) is 0 Å². The fraction of sp³-hybridized carbons (Fsp3) is 0.478. The lowest BCUT2D eigenvalue weighted by Gasteiger charge is -2.16. The second-order valence-electron chi connectivity index (χ2n) is 7.66. The summed E-state index contributed by atoms with van der Waals surface area (Å²) in [5.74, 6) is 0.457. The number of rotatable bonds is 8. The molecule has 0 unspecified atom stereocenters. The van der Waals surface area contributed by atoms with Crippen molar-refractivity contribution < 1.29 is 9.53 Å². The van der Waals surface area contributed by atoms with Crippen LogP contribution in [-0.4, -0.2) is 21.7 Å². The average molecular weight is 403 g/mol. The Morgan fingerprint density at radius 2 is 1.89 bits per heavy atom. The van der Waals surface area contributed by atoms with E-state index >= 15 is 0 Å². The largest absolute Gasteiger partial charge is 0.475 e. The van der Waals surface area contributed by atoms with Crippen LogP contribution >= 0.6 is 11.6 Å². The van der Waals surface area contributed by atoms with E-state index in [1.807, 2.05) is 41.5 Å². The Balaban J connectivity index is 2.57. The summed E-state index contributed by atoms with van der Waals surface area (Å²) >= 11 is 6.47. The van der Waals surface area contributed by atoms with Gasteiger partial charge < -0.3 is 4.74 Å². The second kappa shape index (κ2) is 9.42. The molecule has 28 heavy (non-hydrogen) atoms. The number of aromatic nitrogens is 2. The maximum absolute atomic E-state index is 13.4. The molecule has 0 aliphatic rings. The van der Waals surface area contributed by atoms with Crippen molar-refractivity contribution in [3.63, 3.8) is 0 Å². The summed E-state index contributed by atoms with van der Waals surface area (Å²) in [7, 11) is 0. The van der Waals surface area contributed by atoms with Crippen LogP contribution < -0.4 is 4.74 Å². The quantitative estimate of drug-likeness (QED) is 0.475. The molecule has 0 spiro atoms. The number of halogens is 1. The Bertz CT molecular complexity index is 890.